The third-order valence-corrected chi connectivity index (χ3v) is 1.27. The molecule has 0 fully saturated rings. The predicted octanol–water partition coefficient (Wildman–Crippen LogP) is 0.116. The van der Waals surface area contributed by atoms with Gasteiger partial charge in [-0.15, -0.1) is 0 Å². The highest BCUT2D eigenvalue weighted by Gasteiger charge is 2.09. The molecule has 0 saturated heterocycles. The number of rotatable bonds is 0. The lowest BCUT2D eigenvalue weighted by Crippen LogP contribution is -2.31. The summed E-state index contributed by atoms with van der Waals surface area (Å²) in [6, 6.07) is 0. The van der Waals surface area contributed by atoms with Gasteiger partial charge in [0.2, 0.25) is 0 Å². The van der Waals surface area contributed by atoms with E-state index in [9.17, 15) is 0 Å². The Balaban J connectivity index is 3.19. The maximum atomic E-state index is 4.81. The normalized spacial score (nSPS) is 9.88. The van der Waals surface area contributed by atoms with Crippen molar-refractivity contribution in [2.75, 3.05) is 0 Å². The third kappa shape index (κ3) is 0.598. The average molecular weight is 113 g/mol. The summed E-state index contributed by atoms with van der Waals surface area (Å²) < 4.78 is 6.70. The van der Waals surface area contributed by atoms with Crippen molar-refractivity contribution in [2.45, 2.75) is 13.8 Å². The van der Waals surface area contributed by atoms with Crippen LogP contribution < -0.4 is 4.57 Å². The molecule has 44 valence electrons. The molecule has 0 unspecified atom stereocenters. The fraction of sp³-hybridized carbons (Fsp3) is 0.600. The Morgan fingerprint density at radius 1 is 1.50 bits per heavy atom. The Kier molecular flexibility index (Phi) is 1.04. The predicted molar refractivity (Wildman–Crippen MR) is 27.2 cm³/mol. The minimum Gasteiger partial charge on any atom is -0.218 e. The molecule has 0 N–H and O–H groups in total. The summed E-state index contributed by atoms with van der Waals surface area (Å²) in [4.78, 5) is 0. The number of nitrogens with zero attached hydrogens (tertiary/aromatic N) is 2. The average Bonchev–Trinajstić information content (AvgIpc) is 1.98. The van der Waals surface area contributed by atoms with Gasteiger partial charge < -0.3 is 0 Å². The molecule has 3 heteroatoms. The van der Waals surface area contributed by atoms with E-state index in [-0.39, 0.29) is 0 Å². The van der Waals surface area contributed by atoms with Crippen LogP contribution in [0, 0.1) is 13.8 Å². The number of aromatic nitrogens is 2. The fourth-order valence-electron chi connectivity index (χ4n) is 0.482. The number of hydrogen-bond acceptors (Lipinski definition) is 2. The van der Waals surface area contributed by atoms with Crippen molar-refractivity contribution in [3.05, 3.63) is 11.7 Å². The molecule has 0 aliphatic heterocycles. The Morgan fingerprint density at radius 2 is 2.12 bits per heavy atom. The van der Waals surface area contributed by atoms with Gasteiger partial charge in [-0.3, -0.25) is 0 Å². The van der Waals surface area contributed by atoms with Gasteiger partial charge in [-0.1, -0.05) is 0 Å². The van der Waals surface area contributed by atoms with Crippen LogP contribution in [0.1, 0.15) is 11.7 Å². The summed E-state index contributed by atoms with van der Waals surface area (Å²) in [6.45, 7) is 3.77. The van der Waals surface area contributed by atoms with Crippen LogP contribution in [0.2, 0.25) is 0 Å². The molecule has 8 heavy (non-hydrogen) atoms. The molecule has 1 aromatic heterocycles. The second-order valence-electron chi connectivity index (χ2n) is 1.81. The van der Waals surface area contributed by atoms with Crippen molar-refractivity contribution in [1.29, 1.82) is 0 Å². The van der Waals surface area contributed by atoms with Gasteiger partial charge in [0.1, 0.15) is 0 Å². The van der Waals surface area contributed by atoms with E-state index < -0.39 is 0 Å². The Hall–Kier alpha value is -0.860. The minimum atomic E-state index is 0.836. The van der Waals surface area contributed by atoms with Crippen molar-refractivity contribution in [2.24, 2.45) is 7.05 Å². The molecule has 0 saturated carbocycles. The van der Waals surface area contributed by atoms with E-state index >= 15 is 0 Å². The zero-order valence-corrected chi connectivity index (χ0v) is 5.30. The van der Waals surface area contributed by atoms with E-state index in [2.05, 4.69) is 5.16 Å². The second-order valence-corrected chi connectivity index (χ2v) is 1.81. The van der Waals surface area contributed by atoms with Crippen LogP contribution in [0.5, 0.6) is 0 Å². The number of aryl methyl sites for hydroxylation is 2. The lowest BCUT2D eigenvalue weighted by Gasteiger charge is -1.77. The van der Waals surface area contributed by atoms with E-state index in [0.29, 0.717) is 0 Å². The van der Waals surface area contributed by atoms with Crippen LogP contribution >= 0.6 is 0 Å². The first-order valence-corrected chi connectivity index (χ1v) is 2.50. The maximum Gasteiger partial charge on any atom is 0.345 e. The van der Waals surface area contributed by atoms with Crippen molar-refractivity contribution in [1.82, 2.24) is 5.16 Å². The molecule has 0 spiro atoms. The largest absolute Gasteiger partial charge is 0.345 e. The fourth-order valence-corrected chi connectivity index (χ4v) is 0.482. The zero-order valence-electron chi connectivity index (χ0n) is 5.30. The lowest BCUT2D eigenvalue weighted by molar-refractivity contribution is -0.687. The first kappa shape index (κ1) is 5.28. The quantitative estimate of drug-likeness (QED) is 0.447. The Labute approximate surface area is 47.9 Å². The van der Waals surface area contributed by atoms with Gasteiger partial charge in [0.15, 0.2) is 5.16 Å². The molecule has 1 heterocycles. The van der Waals surface area contributed by atoms with Crippen LogP contribution in [-0.4, -0.2) is 5.16 Å². The molecule has 0 radical (unpaired) electrons. The van der Waals surface area contributed by atoms with E-state index in [1.54, 1.807) is 0 Å². The molecule has 0 atom stereocenters. The van der Waals surface area contributed by atoms with Crippen LogP contribution in [0.3, 0.4) is 0 Å². The molecule has 1 rings (SSSR count). The van der Waals surface area contributed by atoms with Gasteiger partial charge >= 0.3 is 11.7 Å². The summed E-state index contributed by atoms with van der Waals surface area (Å²) in [5.74, 6) is 1.74. The summed E-state index contributed by atoms with van der Waals surface area (Å²) in [7, 11) is 1.92. The van der Waals surface area contributed by atoms with Gasteiger partial charge in [0, 0.05) is 13.8 Å². The summed E-state index contributed by atoms with van der Waals surface area (Å²) >= 11 is 0. The molecule has 0 bridgehead atoms. The van der Waals surface area contributed by atoms with Gasteiger partial charge in [-0.05, 0) is 0 Å². The van der Waals surface area contributed by atoms with Crippen LogP contribution in [-0.2, 0) is 7.05 Å². The first-order chi connectivity index (χ1) is 3.72. The highest BCUT2D eigenvalue weighted by Crippen LogP contribution is 1.86. The van der Waals surface area contributed by atoms with Crippen LogP contribution in [0.15, 0.2) is 4.52 Å². The van der Waals surface area contributed by atoms with E-state index in [1.165, 1.54) is 0 Å². The van der Waals surface area contributed by atoms with Gasteiger partial charge in [0.25, 0.3) is 0 Å². The smallest absolute Gasteiger partial charge is 0.218 e. The van der Waals surface area contributed by atoms with E-state index in [1.807, 2.05) is 25.5 Å². The summed E-state index contributed by atoms with van der Waals surface area (Å²) in [5, 5.41) is 3.70. The highest BCUT2D eigenvalue weighted by atomic mass is 16.5. The molecular formula is C5H9N2O+. The third-order valence-electron chi connectivity index (χ3n) is 1.27. The molecule has 1 aromatic rings. The van der Waals surface area contributed by atoms with Crippen LogP contribution in [0.25, 0.3) is 0 Å². The monoisotopic (exact) mass is 113 g/mol. The molecule has 0 aromatic carbocycles. The van der Waals surface area contributed by atoms with Crippen molar-refractivity contribution in [3.63, 3.8) is 0 Å². The van der Waals surface area contributed by atoms with Gasteiger partial charge in [-0.25, -0.2) is 4.52 Å². The van der Waals surface area contributed by atoms with Crippen molar-refractivity contribution >= 4 is 0 Å². The summed E-state index contributed by atoms with van der Waals surface area (Å²) in [5.41, 5.74) is 0. The highest BCUT2D eigenvalue weighted by molar-refractivity contribution is 4.62. The maximum absolute atomic E-state index is 4.81. The zero-order chi connectivity index (χ0) is 6.15. The lowest BCUT2D eigenvalue weighted by atomic mass is 10.6. The van der Waals surface area contributed by atoms with Crippen molar-refractivity contribution < 1.29 is 9.09 Å². The molecular weight excluding hydrogens is 104 g/mol. The second kappa shape index (κ2) is 1.58. The van der Waals surface area contributed by atoms with E-state index in [4.69, 9.17) is 4.52 Å². The SMILES string of the molecule is Cc1noc(C)[n+]1C. The molecule has 0 aliphatic rings. The first-order valence-electron chi connectivity index (χ1n) is 2.50. The summed E-state index contributed by atoms with van der Waals surface area (Å²) in [6.07, 6.45) is 0. The molecule has 0 amide bonds. The van der Waals surface area contributed by atoms with Crippen LogP contribution in [0.4, 0.5) is 0 Å². The topological polar surface area (TPSA) is 29.9 Å². The van der Waals surface area contributed by atoms with Gasteiger partial charge in [-0.2, -0.15) is 4.57 Å². The Morgan fingerprint density at radius 3 is 2.25 bits per heavy atom. The standard InChI is InChI=1S/C5H9N2O/c1-4-6-8-5(2)7(4)3/h1-3H3/q+1. The molecule has 0 aliphatic carbocycles. The minimum absolute atomic E-state index is 0.836. The Bertz CT molecular complexity index is 173. The van der Waals surface area contributed by atoms with Crippen molar-refractivity contribution in [3.8, 4) is 0 Å². The number of hydrogen-bond donors (Lipinski definition) is 0. The van der Waals surface area contributed by atoms with E-state index in [0.717, 1.165) is 11.7 Å². The molecule has 3 nitrogen and oxygen atoms in total. The van der Waals surface area contributed by atoms with Gasteiger partial charge in [0.05, 0.1) is 7.05 Å².